The molecule has 0 bridgehead atoms. The largest absolute Gasteiger partial charge is 0.322 e. The number of hydrogen-bond acceptors (Lipinski definition) is 1. The van der Waals surface area contributed by atoms with Gasteiger partial charge < -0.3 is 5.32 Å². The van der Waals surface area contributed by atoms with E-state index in [1.165, 1.54) is 18.4 Å². The number of rotatable bonds is 3. The molecule has 19 heavy (non-hydrogen) atoms. The van der Waals surface area contributed by atoms with E-state index in [2.05, 4.69) is 11.4 Å². The number of carbonyl (C=O) groups excluding carboxylic acids is 1. The van der Waals surface area contributed by atoms with Gasteiger partial charge in [-0.15, -0.1) is 0 Å². The molecule has 2 aromatic rings. The molecule has 0 unspecified atom stereocenters. The first-order valence-corrected chi connectivity index (χ1v) is 6.77. The van der Waals surface area contributed by atoms with Gasteiger partial charge in [-0.05, 0) is 48.6 Å². The molecule has 2 nitrogen and oxygen atoms in total. The number of anilines is 1. The van der Waals surface area contributed by atoms with Crippen LogP contribution in [0.4, 0.5) is 5.69 Å². The zero-order chi connectivity index (χ0) is 13.2. The van der Waals surface area contributed by atoms with Crippen molar-refractivity contribution in [2.45, 2.75) is 18.8 Å². The van der Waals surface area contributed by atoms with E-state index in [1.807, 2.05) is 18.2 Å². The quantitative estimate of drug-likeness (QED) is 0.877. The van der Waals surface area contributed by atoms with E-state index in [4.69, 9.17) is 11.6 Å². The van der Waals surface area contributed by atoms with E-state index < -0.39 is 0 Å². The molecule has 1 saturated carbocycles. The summed E-state index contributed by atoms with van der Waals surface area (Å²) in [5.41, 5.74) is 2.73. The number of nitrogens with one attached hydrogen (secondary N) is 1. The summed E-state index contributed by atoms with van der Waals surface area (Å²) in [7, 11) is 0. The number of amides is 1. The van der Waals surface area contributed by atoms with Crippen molar-refractivity contribution in [3.8, 4) is 0 Å². The zero-order valence-electron chi connectivity index (χ0n) is 10.4. The second kappa shape index (κ2) is 5.06. The van der Waals surface area contributed by atoms with Gasteiger partial charge in [0.2, 0.25) is 0 Å². The average molecular weight is 272 g/mol. The van der Waals surface area contributed by atoms with Crippen molar-refractivity contribution in [3.05, 3.63) is 64.7 Å². The van der Waals surface area contributed by atoms with E-state index in [0.29, 0.717) is 16.5 Å². The molecule has 1 fully saturated rings. The molecule has 0 aromatic heterocycles. The summed E-state index contributed by atoms with van der Waals surface area (Å²) in [6.45, 7) is 0. The lowest BCUT2D eigenvalue weighted by atomic mass is 10.1. The van der Waals surface area contributed by atoms with Gasteiger partial charge in [-0.3, -0.25) is 4.79 Å². The summed E-state index contributed by atoms with van der Waals surface area (Å²) in [5.74, 6) is 0.492. The van der Waals surface area contributed by atoms with E-state index in [0.717, 1.165) is 5.69 Å². The molecule has 1 aliphatic rings. The molecule has 1 amide bonds. The van der Waals surface area contributed by atoms with Crippen LogP contribution in [-0.4, -0.2) is 5.91 Å². The molecular formula is C16H14ClNO. The van der Waals surface area contributed by atoms with Crippen LogP contribution in [0.3, 0.4) is 0 Å². The van der Waals surface area contributed by atoms with Crippen molar-refractivity contribution in [3.63, 3.8) is 0 Å². The van der Waals surface area contributed by atoms with E-state index in [-0.39, 0.29) is 5.91 Å². The summed E-state index contributed by atoms with van der Waals surface area (Å²) in [4.78, 5) is 12.2. The molecule has 0 atom stereocenters. The molecule has 2 aromatic carbocycles. The van der Waals surface area contributed by atoms with Gasteiger partial charge in [0, 0.05) is 16.3 Å². The number of benzene rings is 2. The summed E-state index contributed by atoms with van der Waals surface area (Å²) in [6, 6.07) is 15.0. The minimum absolute atomic E-state index is 0.115. The average Bonchev–Trinajstić information content (AvgIpc) is 3.24. The first kappa shape index (κ1) is 12.2. The summed E-state index contributed by atoms with van der Waals surface area (Å²) in [6.07, 6.45) is 2.42. The van der Waals surface area contributed by atoms with E-state index in [9.17, 15) is 4.79 Å². The minimum Gasteiger partial charge on any atom is -0.322 e. The third-order valence-electron chi connectivity index (χ3n) is 3.31. The van der Waals surface area contributed by atoms with Crippen LogP contribution in [0.2, 0.25) is 5.02 Å². The normalized spacial score (nSPS) is 14.2. The van der Waals surface area contributed by atoms with Gasteiger partial charge in [-0.2, -0.15) is 0 Å². The van der Waals surface area contributed by atoms with Gasteiger partial charge >= 0.3 is 0 Å². The van der Waals surface area contributed by atoms with Gasteiger partial charge in [0.25, 0.3) is 5.91 Å². The van der Waals surface area contributed by atoms with Crippen molar-refractivity contribution in [1.29, 1.82) is 0 Å². The second-order valence-electron chi connectivity index (χ2n) is 4.83. The Morgan fingerprint density at radius 1 is 1.11 bits per heavy atom. The Morgan fingerprint density at radius 3 is 2.63 bits per heavy atom. The van der Waals surface area contributed by atoms with Gasteiger partial charge in [0.15, 0.2) is 0 Å². The molecule has 96 valence electrons. The highest BCUT2D eigenvalue weighted by Gasteiger charge is 2.26. The molecule has 1 N–H and O–H groups in total. The number of halogens is 1. The van der Waals surface area contributed by atoms with E-state index >= 15 is 0 Å². The Balaban J connectivity index is 1.83. The molecule has 0 saturated heterocycles. The Morgan fingerprint density at radius 2 is 1.89 bits per heavy atom. The Bertz CT molecular complexity index is 620. The molecule has 0 radical (unpaired) electrons. The molecule has 3 heteroatoms. The van der Waals surface area contributed by atoms with Crippen molar-refractivity contribution in [2.24, 2.45) is 0 Å². The van der Waals surface area contributed by atoms with Crippen LogP contribution in [0.5, 0.6) is 0 Å². The third-order valence-corrected chi connectivity index (χ3v) is 3.55. The SMILES string of the molecule is O=C(Nc1ccccc1C1CC1)c1cccc(Cl)c1. The first-order chi connectivity index (χ1) is 9.24. The van der Waals surface area contributed by atoms with Gasteiger partial charge in [0.1, 0.15) is 0 Å². The molecule has 0 spiro atoms. The lowest BCUT2D eigenvalue weighted by molar-refractivity contribution is 0.102. The van der Waals surface area contributed by atoms with E-state index in [1.54, 1.807) is 24.3 Å². The Labute approximate surface area is 117 Å². The smallest absolute Gasteiger partial charge is 0.255 e. The highest BCUT2D eigenvalue weighted by Crippen LogP contribution is 2.43. The predicted molar refractivity (Wildman–Crippen MR) is 77.8 cm³/mol. The van der Waals surface area contributed by atoms with Gasteiger partial charge in [-0.25, -0.2) is 0 Å². The van der Waals surface area contributed by atoms with Crippen LogP contribution in [0.1, 0.15) is 34.7 Å². The van der Waals surface area contributed by atoms with Crippen LogP contribution in [0, 0.1) is 0 Å². The third kappa shape index (κ3) is 2.79. The predicted octanol–water partition coefficient (Wildman–Crippen LogP) is 4.47. The van der Waals surface area contributed by atoms with Crippen LogP contribution in [0.25, 0.3) is 0 Å². The maximum absolute atomic E-state index is 12.2. The molecule has 0 heterocycles. The maximum atomic E-state index is 12.2. The van der Waals surface area contributed by atoms with Crippen LogP contribution in [-0.2, 0) is 0 Å². The van der Waals surface area contributed by atoms with Crippen LogP contribution < -0.4 is 5.32 Å². The minimum atomic E-state index is -0.115. The van der Waals surface area contributed by atoms with Crippen LogP contribution >= 0.6 is 11.6 Å². The molecule has 0 aliphatic heterocycles. The van der Waals surface area contributed by atoms with Crippen molar-refractivity contribution < 1.29 is 4.79 Å². The molecule has 1 aliphatic carbocycles. The fourth-order valence-electron chi connectivity index (χ4n) is 2.19. The Kier molecular flexibility index (Phi) is 3.26. The monoisotopic (exact) mass is 271 g/mol. The topological polar surface area (TPSA) is 29.1 Å². The van der Waals surface area contributed by atoms with Gasteiger partial charge in [-0.1, -0.05) is 35.9 Å². The van der Waals surface area contributed by atoms with Crippen molar-refractivity contribution in [1.82, 2.24) is 0 Å². The Hall–Kier alpha value is -1.80. The lowest BCUT2D eigenvalue weighted by Gasteiger charge is -2.10. The standard InChI is InChI=1S/C16H14ClNO/c17-13-5-3-4-12(10-13)16(19)18-15-7-2-1-6-14(15)11-8-9-11/h1-7,10-11H,8-9H2,(H,18,19). The molecule has 3 rings (SSSR count). The highest BCUT2D eigenvalue weighted by molar-refractivity contribution is 6.31. The summed E-state index contributed by atoms with van der Waals surface area (Å²) < 4.78 is 0. The van der Waals surface area contributed by atoms with Crippen molar-refractivity contribution >= 4 is 23.2 Å². The number of carbonyl (C=O) groups is 1. The molecular weight excluding hydrogens is 258 g/mol. The van der Waals surface area contributed by atoms with Crippen molar-refractivity contribution in [2.75, 3.05) is 5.32 Å². The fourth-order valence-corrected chi connectivity index (χ4v) is 2.38. The number of para-hydroxylation sites is 1. The lowest BCUT2D eigenvalue weighted by Crippen LogP contribution is -2.13. The van der Waals surface area contributed by atoms with Gasteiger partial charge in [0.05, 0.1) is 0 Å². The number of hydrogen-bond donors (Lipinski definition) is 1. The van der Waals surface area contributed by atoms with Crippen LogP contribution in [0.15, 0.2) is 48.5 Å². The maximum Gasteiger partial charge on any atom is 0.255 e. The highest BCUT2D eigenvalue weighted by atomic mass is 35.5. The first-order valence-electron chi connectivity index (χ1n) is 6.40. The zero-order valence-corrected chi connectivity index (χ0v) is 11.2. The second-order valence-corrected chi connectivity index (χ2v) is 5.26. The summed E-state index contributed by atoms with van der Waals surface area (Å²) >= 11 is 5.90. The summed E-state index contributed by atoms with van der Waals surface area (Å²) in [5, 5.41) is 3.55. The fraction of sp³-hybridized carbons (Fsp3) is 0.188.